The summed E-state index contributed by atoms with van der Waals surface area (Å²) < 4.78 is 26.9. The van der Waals surface area contributed by atoms with Crippen LogP contribution in [0.2, 0.25) is 5.02 Å². The lowest BCUT2D eigenvalue weighted by Crippen LogP contribution is -2.18. The Morgan fingerprint density at radius 3 is 2.71 bits per heavy atom. The Balaban J connectivity index is 2.88. The normalized spacial score (nSPS) is 12.2. The zero-order chi connectivity index (χ0) is 12.8. The monoisotopic (exact) mass is 257 g/mol. The molecular weight excluding hydrogens is 244 g/mol. The van der Waals surface area contributed by atoms with Gasteiger partial charge in [0, 0.05) is 18.0 Å². The Morgan fingerprint density at radius 2 is 2.12 bits per heavy atom. The number of hydrogen-bond donors (Lipinski definition) is 1. The third kappa shape index (κ3) is 3.69. The third-order valence-electron chi connectivity index (χ3n) is 2.58. The van der Waals surface area contributed by atoms with Gasteiger partial charge in [0.15, 0.2) is 0 Å². The van der Waals surface area contributed by atoms with Crippen molar-refractivity contribution >= 4 is 11.6 Å². The number of nitrogens with one attached hydrogen (secondary N) is 1. The van der Waals surface area contributed by atoms with Gasteiger partial charge in [0.1, 0.15) is 11.6 Å². The van der Waals surface area contributed by atoms with Crippen LogP contribution in [0.5, 0.6) is 0 Å². The van der Waals surface area contributed by atoms with Crippen LogP contribution in [0.15, 0.2) is 12.1 Å². The molecule has 0 bridgehead atoms. The zero-order valence-corrected chi connectivity index (χ0v) is 10.3. The molecule has 92 valence electrons. The van der Waals surface area contributed by atoms with Crippen molar-refractivity contribution < 1.29 is 8.78 Å². The van der Waals surface area contributed by atoms with E-state index in [2.05, 4.69) is 11.2 Å². The van der Waals surface area contributed by atoms with Gasteiger partial charge in [0.25, 0.3) is 0 Å². The largest absolute Gasteiger partial charge is 0.313 e. The van der Waals surface area contributed by atoms with Gasteiger partial charge >= 0.3 is 0 Å². The number of unbranched alkanes of at least 4 members (excludes halogenated alkanes) is 1. The van der Waals surface area contributed by atoms with Crippen LogP contribution in [0, 0.1) is 24.0 Å². The Labute approximate surface area is 105 Å². The van der Waals surface area contributed by atoms with Gasteiger partial charge in [-0.1, -0.05) is 11.6 Å². The molecule has 0 spiro atoms. The maximum Gasteiger partial charge on any atom is 0.142 e. The summed E-state index contributed by atoms with van der Waals surface area (Å²) in [6.07, 6.45) is 7.17. The van der Waals surface area contributed by atoms with Gasteiger partial charge in [-0.25, -0.2) is 8.78 Å². The lowest BCUT2D eigenvalue weighted by atomic mass is 10.0. The summed E-state index contributed by atoms with van der Waals surface area (Å²) in [6.45, 7) is 0. The van der Waals surface area contributed by atoms with E-state index in [1.54, 1.807) is 7.05 Å². The van der Waals surface area contributed by atoms with Gasteiger partial charge in [0.05, 0.1) is 5.02 Å². The van der Waals surface area contributed by atoms with Crippen molar-refractivity contribution in [3.8, 4) is 12.3 Å². The molecule has 0 amide bonds. The van der Waals surface area contributed by atoms with Crippen molar-refractivity contribution in [2.24, 2.45) is 0 Å². The standard InChI is InChI=1S/C13H14ClF2N/c1-3-4-5-6-13(17-2)9-7-12(16)10(14)8-11(9)15/h1,7-8,13,17H,4-6H2,2H3. The van der Waals surface area contributed by atoms with E-state index < -0.39 is 11.6 Å². The highest BCUT2D eigenvalue weighted by molar-refractivity contribution is 6.30. The van der Waals surface area contributed by atoms with Crippen LogP contribution in [-0.4, -0.2) is 7.05 Å². The molecule has 0 saturated carbocycles. The van der Waals surface area contributed by atoms with E-state index in [0.717, 1.165) is 18.6 Å². The second-order valence-electron chi connectivity index (χ2n) is 3.73. The number of terminal acetylenes is 1. The van der Waals surface area contributed by atoms with Crippen molar-refractivity contribution in [3.63, 3.8) is 0 Å². The Morgan fingerprint density at radius 1 is 1.41 bits per heavy atom. The third-order valence-corrected chi connectivity index (χ3v) is 2.87. The second-order valence-corrected chi connectivity index (χ2v) is 4.13. The fourth-order valence-electron chi connectivity index (χ4n) is 1.67. The molecule has 0 fully saturated rings. The van der Waals surface area contributed by atoms with Gasteiger partial charge < -0.3 is 5.32 Å². The number of hydrogen-bond acceptors (Lipinski definition) is 1. The van der Waals surface area contributed by atoms with Gasteiger partial charge in [-0.15, -0.1) is 12.3 Å². The second kappa shape index (κ2) is 6.58. The van der Waals surface area contributed by atoms with Crippen molar-refractivity contribution in [1.29, 1.82) is 0 Å². The molecule has 1 nitrogen and oxygen atoms in total. The summed E-state index contributed by atoms with van der Waals surface area (Å²) in [5, 5.41) is 2.74. The van der Waals surface area contributed by atoms with E-state index in [9.17, 15) is 8.78 Å². The summed E-state index contributed by atoms with van der Waals surface area (Å²) in [5.74, 6) is 1.40. The molecule has 17 heavy (non-hydrogen) atoms. The fraction of sp³-hybridized carbons (Fsp3) is 0.385. The fourth-order valence-corrected chi connectivity index (χ4v) is 1.82. The van der Waals surface area contributed by atoms with E-state index in [1.165, 1.54) is 0 Å². The minimum absolute atomic E-state index is 0.204. The van der Waals surface area contributed by atoms with Crippen LogP contribution in [-0.2, 0) is 0 Å². The molecule has 1 atom stereocenters. The van der Waals surface area contributed by atoms with E-state index in [1.807, 2.05) is 0 Å². The minimum Gasteiger partial charge on any atom is -0.313 e. The zero-order valence-electron chi connectivity index (χ0n) is 9.56. The van der Waals surface area contributed by atoms with Gasteiger partial charge in [-0.2, -0.15) is 0 Å². The lowest BCUT2D eigenvalue weighted by molar-refractivity contribution is 0.491. The maximum absolute atomic E-state index is 13.6. The first-order valence-electron chi connectivity index (χ1n) is 5.35. The van der Waals surface area contributed by atoms with Crippen molar-refractivity contribution in [2.45, 2.75) is 25.3 Å². The van der Waals surface area contributed by atoms with E-state index in [0.29, 0.717) is 12.8 Å². The highest BCUT2D eigenvalue weighted by Crippen LogP contribution is 2.26. The topological polar surface area (TPSA) is 12.0 Å². The molecule has 0 aromatic heterocycles. The predicted octanol–water partition coefficient (Wildman–Crippen LogP) is 3.68. The molecule has 0 aliphatic rings. The number of halogens is 3. The number of benzene rings is 1. The summed E-state index contributed by atoms with van der Waals surface area (Å²) in [5.41, 5.74) is 0.284. The van der Waals surface area contributed by atoms with Crippen molar-refractivity contribution in [2.75, 3.05) is 7.05 Å². The van der Waals surface area contributed by atoms with Crippen molar-refractivity contribution in [1.82, 2.24) is 5.32 Å². The quantitative estimate of drug-likeness (QED) is 0.482. The Kier molecular flexibility index (Phi) is 5.40. The van der Waals surface area contributed by atoms with Gasteiger partial charge in [-0.05, 0) is 32.0 Å². The van der Waals surface area contributed by atoms with Crippen LogP contribution in [0.25, 0.3) is 0 Å². The lowest BCUT2D eigenvalue weighted by Gasteiger charge is -2.17. The molecule has 1 unspecified atom stereocenters. The van der Waals surface area contributed by atoms with Crippen LogP contribution in [0.4, 0.5) is 8.78 Å². The smallest absolute Gasteiger partial charge is 0.142 e. The van der Waals surface area contributed by atoms with E-state index in [4.69, 9.17) is 18.0 Å². The minimum atomic E-state index is -0.611. The molecular formula is C13H14ClF2N. The first-order valence-corrected chi connectivity index (χ1v) is 5.73. The van der Waals surface area contributed by atoms with E-state index >= 15 is 0 Å². The average Bonchev–Trinajstić information content (AvgIpc) is 2.30. The predicted molar refractivity (Wildman–Crippen MR) is 65.9 cm³/mol. The molecule has 0 saturated heterocycles. The summed E-state index contributed by atoms with van der Waals surface area (Å²) in [4.78, 5) is 0. The molecule has 0 aliphatic carbocycles. The molecule has 0 aliphatic heterocycles. The highest BCUT2D eigenvalue weighted by Gasteiger charge is 2.16. The average molecular weight is 258 g/mol. The molecule has 1 aromatic carbocycles. The van der Waals surface area contributed by atoms with Crippen LogP contribution < -0.4 is 5.32 Å². The Bertz CT molecular complexity index is 426. The number of rotatable bonds is 5. The summed E-state index contributed by atoms with van der Waals surface area (Å²) in [7, 11) is 1.70. The summed E-state index contributed by atoms with van der Waals surface area (Å²) in [6, 6.07) is 1.88. The van der Waals surface area contributed by atoms with Gasteiger partial charge in [-0.3, -0.25) is 0 Å². The molecule has 1 N–H and O–H groups in total. The SMILES string of the molecule is C#CCCCC(NC)c1cc(F)c(Cl)cc1F. The highest BCUT2D eigenvalue weighted by atomic mass is 35.5. The molecule has 1 rings (SSSR count). The first-order chi connectivity index (χ1) is 8.10. The molecule has 4 heteroatoms. The van der Waals surface area contributed by atoms with E-state index in [-0.39, 0.29) is 16.6 Å². The maximum atomic E-state index is 13.6. The first kappa shape index (κ1) is 14.0. The van der Waals surface area contributed by atoms with Crippen LogP contribution in [0.1, 0.15) is 30.9 Å². The summed E-state index contributed by atoms with van der Waals surface area (Å²) >= 11 is 5.50. The molecule has 1 aromatic rings. The molecule has 0 heterocycles. The van der Waals surface area contributed by atoms with Crippen molar-refractivity contribution in [3.05, 3.63) is 34.4 Å². The van der Waals surface area contributed by atoms with Crippen LogP contribution in [0.3, 0.4) is 0 Å². The molecule has 0 radical (unpaired) electrons. The Hall–Kier alpha value is -1.11. The van der Waals surface area contributed by atoms with Crippen LogP contribution >= 0.6 is 11.6 Å². The van der Waals surface area contributed by atoms with Gasteiger partial charge in [0.2, 0.25) is 0 Å².